The first-order valence-corrected chi connectivity index (χ1v) is 15.2. The lowest BCUT2D eigenvalue weighted by atomic mass is 9.80. The SMILES string of the molecule is COc1cc2c(cc1OC)C(C)(C)C(/C=C/C1=C(Cl)C(=C/C=C3\N(C)c4cc(OC)c(OC)cc4C3(C)C)/CCC1)=C2C. The molecule has 0 atom stereocenters. The summed E-state index contributed by atoms with van der Waals surface area (Å²) in [5, 5.41) is 0.855. The van der Waals surface area contributed by atoms with Gasteiger partial charge in [0.25, 0.3) is 0 Å². The van der Waals surface area contributed by atoms with Crippen LogP contribution in [-0.2, 0) is 10.8 Å². The highest BCUT2D eigenvalue weighted by Crippen LogP contribution is 2.52. The quantitative estimate of drug-likeness (QED) is 0.316. The van der Waals surface area contributed by atoms with Crippen LogP contribution in [0.15, 0.2) is 76.0 Å². The molecule has 0 amide bonds. The Hall–Kier alpha value is -3.57. The third-order valence-corrected chi connectivity index (χ3v) is 10.1. The Morgan fingerprint density at radius 2 is 1.33 bits per heavy atom. The number of likely N-dealkylation sites (N-methyl/N-ethyl adjacent to an activating group) is 1. The fourth-order valence-electron chi connectivity index (χ4n) is 7.02. The van der Waals surface area contributed by atoms with E-state index in [1.807, 2.05) is 0 Å². The van der Waals surface area contributed by atoms with Gasteiger partial charge in [-0.1, -0.05) is 57.5 Å². The number of hydrogen-bond donors (Lipinski definition) is 0. The molecule has 0 saturated carbocycles. The highest BCUT2D eigenvalue weighted by molar-refractivity contribution is 6.32. The van der Waals surface area contributed by atoms with Crippen molar-refractivity contribution in [2.75, 3.05) is 40.4 Å². The van der Waals surface area contributed by atoms with Crippen molar-refractivity contribution < 1.29 is 18.9 Å². The molecular weight excluding hydrogens is 558 g/mol. The first-order valence-electron chi connectivity index (χ1n) is 14.9. The van der Waals surface area contributed by atoms with Crippen LogP contribution in [0.5, 0.6) is 23.0 Å². The summed E-state index contributed by atoms with van der Waals surface area (Å²) < 4.78 is 22.4. The molecule has 228 valence electrons. The smallest absolute Gasteiger partial charge is 0.162 e. The molecule has 0 saturated heterocycles. The molecule has 43 heavy (non-hydrogen) atoms. The summed E-state index contributed by atoms with van der Waals surface area (Å²) in [6.45, 7) is 11.2. The van der Waals surface area contributed by atoms with Gasteiger partial charge in [0, 0.05) is 40.4 Å². The topological polar surface area (TPSA) is 40.2 Å². The van der Waals surface area contributed by atoms with Gasteiger partial charge in [0.15, 0.2) is 23.0 Å². The van der Waals surface area contributed by atoms with Crippen LogP contribution in [0.1, 0.15) is 70.6 Å². The minimum absolute atomic E-state index is 0.167. The third kappa shape index (κ3) is 5.06. The number of methoxy groups -OCH3 is 4. The Balaban J connectivity index is 1.47. The van der Waals surface area contributed by atoms with Crippen LogP contribution in [0, 0.1) is 0 Å². The minimum atomic E-state index is -0.202. The van der Waals surface area contributed by atoms with Crippen LogP contribution < -0.4 is 23.8 Å². The van der Waals surface area contributed by atoms with Crippen molar-refractivity contribution >= 4 is 22.9 Å². The molecule has 5 rings (SSSR count). The van der Waals surface area contributed by atoms with Crippen molar-refractivity contribution in [1.29, 1.82) is 0 Å². The lowest BCUT2D eigenvalue weighted by Crippen LogP contribution is -2.22. The molecule has 2 aliphatic carbocycles. The molecule has 0 fully saturated rings. The number of fused-ring (bicyclic) bond motifs is 2. The number of hydrogen-bond acceptors (Lipinski definition) is 5. The summed E-state index contributed by atoms with van der Waals surface area (Å²) in [6.07, 6.45) is 11.9. The molecule has 0 radical (unpaired) electrons. The van der Waals surface area contributed by atoms with Gasteiger partial charge in [-0.15, -0.1) is 0 Å². The molecule has 3 aliphatic rings. The number of nitrogens with zero attached hydrogens (tertiary/aromatic N) is 1. The third-order valence-electron chi connectivity index (χ3n) is 9.57. The zero-order valence-corrected chi connectivity index (χ0v) is 28.0. The molecule has 0 unspecified atom stereocenters. The maximum absolute atomic E-state index is 7.11. The molecule has 0 N–H and O–H groups in total. The summed E-state index contributed by atoms with van der Waals surface area (Å²) in [6, 6.07) is 8.37. The van der Waals surface area contributed by atoms with Crippen molar-refractivity contribution in [1.82, 2.24) is 0 Å². The Labute approximate surface area is 262 Å². The normalized spacial score (nSPS) is 20.8. The lowest BCUT2D eigenvalue weighted by molar-refractivity contribution is 0.354. The number of ether oxygens (including phenoxy) is 4. The molecular formula is C37H44ClNO4. The minimum Gasteiger partial charge on any atom is -0.493 e. The fourth-order valence-corrected chi connectivity index (χ4v) is 7.34. The summed E-state index contributed by atoms with van der Waals surface area (Å²) in [4.78, 5) is 2.24. The molecule has 6 heteroatoms. The van der Waals surface area contributed by atoms with E-state index in [0.29, 0.717) is 0 Å². The highest BCUT2D eigenvalue weighted by Gasteiger charge is 2.40. The molecule has 0 spiro atoms. The second kappa shape index (κ2) is 11.5. The van der Waals surface area contributed by atoms with Gasteiger partial charge in [0.2, 0.25) is 0 Å². The molecule has 2 aromatic rings. The van der Waals surface area contributed by atoms with Gasteiger partial charge in [0.1, 0.15) is 0 Å². The molecule has 5 nitrogen and oxygen atoms in total. The fraction of sp³-hybridized carbons (Fsp3) is 0.405. The number of rotatable bonds is 7. The van der Waals surface area contributed by atoms with Crippen molar-refractivity contribution in [3.05, 3.63) is 92.7 Å². The predicted molar refractivity (Wildman–Crippen MR) is 178 cm³/mol. The van der Waals surface area contributed by atoms with Crippen LogP contribution in [0.4, 0.5) is 5.69 Å². The second-order valence-corrected chi connectivity index (χ2v) is 13.0. The van der Waals surface area contributed by atoms with Gasteiger partial charge in [-0.05, 0) is 89.4 Å². The van der Waals surface area contributed by atoms with Crippen molar-refractivity contribution in [3.63, 3.8) is 0 Å². The monoisotopic (exact) mass is 601 g/mol. The largest absolute Gasteiger partial charge is 0.493 e. The average molecular weight is 602 g/mol. The van der Waals surface area contributed by atoms with Gasteiger partial charge in [-0.3, -0.25) is 0 Å². The van der Waals surface area contributed by atoms with Gasteiger partial charge < -0.3 is 23.8 Å². The first-order chi connectivity index (χ1) is 20.4. The summed E-state index contributed by atoms with van der Waals surface area (Å²) in [7, 11) is 8.83. The Kier molecular flexibility index (Phi) is 8.26. The lowest BCUT2D eigenvalue weighted by Gasteiger charge is -2.25. The van der Waals surface area contributed by atoms with Gasteiger partial charge in [-0.25, -0.2) is 0 Å². The Bertz CT molecular complexity index is 1620. The van der Waals surface area contributed by atoms with Crippen molar-refractivity contribution in [2.24, 2.45) is 0 Å². The van der Waals surface area contributed by atoms with E-state index in [4.69, 9.17) is 30.5 Å². The van der Waals surface area contributed by atoms with Crippen LogP contribution in [-0.4, -0.2) is 35.5 Å². The number of halogens is 1. The van der Waals surface area contributed by atoms with E-state index in [1.54, 1.807) is 28.4 Å². The summed E-state index contributed by atoms with van der Waals surface area (Å²) in [5.41, 5.74) is 10.5. The van der Waals surface area contributed by atoms with E-state index in [1.165, 1.54) is 44.7 Å². The van der Waals surface area contributed by atoms with Crippen LogP contribution in [0.2, 0.25) is 0 Å². The van der Waals surface area contributed by atoms with E-state index in [0.717, 1.165) is 53.0 Å². The van der Waals surface area contributed by atoms with E-state index >= 15 is 0 Å². The van der Waals surface area contributed by atoms with Crippen LogP contribution in [0.3, 0.4) is 0 Å². The predicted octanol–water partition coefficient (Wildman–Crippen LogP) is 9.26. The molecule has 1 heterocycles. The maximum Gasteiger partial charge on any atom is 0.162 e. The second-order valence-electron chi connectivity index (χ2n) is 12.6. The molecule has 2 aromatic carbocycles. The maximum atomic E-state index is 7.11. The van der Waals surface area contributed by atoms with E-state index < -0.39 is 0 Å². The van der Waals surface area contributed by atoms with Crippen molar-refractivity contribution in [2.45, 2.75) is 64.7 Å². The van der Waals surface area contributed by atoms with E-state index in [2.05, 4.69) is 95.1 Å². The molecule has 1 aliphatic heterocycles. The van der Waals surface area contributed by atoms with E-state index in [-0.39, 0.29) is 10.8 Å². The summed E-state index contributed by atoms with van der Waals surface area (Å²) in [5.74, 6) is 2.98. The Morgan fingerprint density at radius 1 is 0.744 bits per heavy atom. The van der Waals surface area contributed by atoms with Crippen LogP contribution >= 0.6 is 11.6 Å². The number of anilines is 1. The van der Waals surface area contributed by atoms with E-state index in [9.17, 15) is 0 Å². The number of benzene rings is 2. The number of allylic oxidation sites excluding steroid dienone is 10. The summed E-state index contributed by atoms with van der Waals surface area (Å²) >= 11 is 7.11. The molecule has 0 bridgehead atoms. The molecule has 0 aromatic heterocycles. The first kappa shape index (κ1) is 30.9. The zero-order chi connectivity index (χ0) is 31.3. The average Bonchev–Trinajstić information content (AvgIpc) is 3.30. The van der Waals surface area contributed by atoms with Gasteiger partial charge in [0.05, 0.1) is 28.4 Å². The van der Waals surface area contributed by atoms with Crippen LogP contribution in [0.25, 0.3) is 5.57 Å². The van der Waals surface area contributed by atoms with Crippen molar-refractivity contribution in [3.8, 4) is 23.0 Å². The Morgan fingerprint density at radius 3 is 1.95 bits per heavy atom. The van der Waals surface area contributed by atoms with Gasteiger partial charge >= 0.3 is 0 Å². The standard InChI is InChI=1S/C37H44ClNO4/c1-22-25-18-30(40-7)31(41-8)19-27(25)36(2,3)26(22)16-14-23-12-11-13-24(35(23)38)15-17-34-37(4,5)28-20-32(42-9)33(43-10)21-29(28)39(34)6/h14-21H,11-13H2,1-10H3/b16-14+,24-15+,34-17-. The highest BCUT2D eigenvalue weighted by atomic mass is 35.5. The van der Waals surface area contributed by atoms with Gasteiger partial charge in [-0.2, -0.15) is 0 Å². The zero-order valence-electron chi connectivity index (χ0n) is 27.2.